The fourth-order valence-corrected chi connectivity index (χ4v) is 5.45. The van der Waals surface area contributed by atoms with Gasteiger partial charge in [0.05, 0.1) is 25.5 Å². The lowest BCUT2D eigenvalue weighted by molar-refractivity contribution is -0.127. The van der Waals surface area contributed by atoms with Crippen molar-refractivity contribution >= 4 is 40.3 Å². The van der Waals surface area contributed by atoms with Crippen molar-refractivity contribution in [1.29, 1.82) is 0 Å². The molecule has 0 bridgehead atoms. The molecule has 4 rings (SSSR count). The molecule has 1 atom stereocenters. The van der Waals surface area contributed by atoms with Crippen molar-refractivity contribution in [2.24, 2.45) is 5.10 Å². The van der Waals surface area contributed by atoms with Crippen molar-refractivity contribution in [1.82, 2.24) is 5.43 Å². The first kappa shape index (κ1) is 27.8. The van der Waals surface area contributed by atoms with Gasteiger partial charge in [-0.25, -0.2) is 10.2 Å². The van der Waals surface area contributed by atoms with E-state index in [-0.39, 0.29) is 12.5 Å². The summed E-state index contributed by atoms with van der Waals surface area (Å²) in [5, 5.41) is 7.38. The molecular formula is C29H31N3O6S. The van der Waals surface area contributed by atoms with Gasteiger partial charge in [-0.3, -0.25) is 9.59 Å². The number of anilines is 1. The van der Waals surface area contributed by atoms with Crippen molar-refractivity contribution in [2.45, 2.75) is 45.6 Å². The quantitative estimate of drug-likeness (QED) is 0.209. The van der Waals surface area contributed by atoms with Crippen LogP contribution in [0.3, 0.4) is 0 Å². The molecule has 1 aromatic heterocycles. The molecule has 1 aliphatic carbocycles. The van der Waals surface area contributed by atoms with Gasteiger partial charge in [0.2, 0.25) is 0 Å². The van der Waals surface area contributed by atoms with E-state index in [2.05, 4.69) is 15.8 Å². The molecule has 2 amide bonds. The zero-order chi connectivity index (χ0) is 27.8. The summed E-state index contributed by atoms with van der Waals surface area (Å²) in [6, 6.07) is 13.7. The number of hydrazone groups is 1. The molecular weight excluding hydrogens is 518 g/mol. The van der Waals surface area contributed by atoms with Gasteiger partial charge < -0.3 is 19.5 Å². The van der Waals surface area contributed by atoms with Crippen molar-refractivity contribution < 1.29 is 28.6 Å². The second-order valence-corrected chi connectivity index (χ2v) is 9.99. The van der Waals surface area contributed by atoms with Crippen LogP contribution in [0.25, 0.3) is 0 Å². The van der Waals surface area contributed by atoms with Crippen LogP contribution in [-0.2, 0) is 22.4 Å². The first-order chi connectivity index (χ1) is 18.9. The molecule has 10 heteroatoms. The number of nitrogens with one attached hydrogen (secondary N) is 2. The number of amides is 2. The Kier molecular flexibility index (Phi) is 9.32. The minimum atomic E-state index is -0.822. The highest BCUT2D eigenvalue weighted by Crippen LogP contribution is 2.38. The van der Waals surface area contributed by atoms with Crippen LogP contribution in [0.15, 0.2) is 53.6 Å². The Morgan fingerprint density at radius 3 is 2.59 bits per heavy atom. The van der Waals surface area contributed by atoms with Gasteiger partial charge in [-0.1, -0.05) is 12.1 Å². The molecule has 0 fully saturated rings. The molecule has 2 N–H and O–H groups in total. The summed E-state index contributed by atoms with van der Waals surface area (Å²) in [5.74, 6) is -0.0682. The van der Waals surface area contributed by atoms with Gasteiger partial charge in [0.1, 0.15) is 16.5 Å². The third-order valence-electron chi connectivity index (χ3n) is 6.16. The van der Waals surface area contributed by atoms with Gasteiger partial charge in [0.15, 0.2) is 6.10 Å². The Morgan fingerprint density at radius 1 is 1.08 bits per heavy atom. The topological polar surface area (TPSA) is 115 Å². The minimum Gasteiger partial charge on any atom is -0.497 e. The highest BCUT2D eigenvalue weighted by Gasteiger charge is 2.27. The van der Waals surface area contributed by atoms with Gasteiger partial charge in [-0.05, 0) is 87.1 Å². The molecule has 0 spiro atoms. The molecule has 0 aliphatic heterocycles. The predicted octanol–water partition coefficient (Wildman–Crippen LogP) is 4.98. The van der Waals surface area contributed by atoms with Crippen LogP contribution in [0.2, 0.25) is 0 Å². The highest BCUT2D eigenvalue weighted by atomic mass is 32.1. The first-order valence-electron chi connectivity index (χ1n) is 12.8. The van der Waals surface area contributed by atoms with Crippen LogP contribution >= 0.6 is 11.3 Å². The largest absolute Gasteiger partial charge is 0.497 e. The number of hydrogen-bond acceptors (Lipinski definition) is 8. The number of rotatable bonds is 10. The number of benzene rings is 2. The summed E-state index contributed by atoms with van der Waals surface area (Å²) in [4.78, 5) is 39.2. The number of carbonyl (C=O) groups excluding carboxylic acids is 3. The molecule has 2 aromatic carbocycles. The van der Waals surface area contributed by atoms with E-state index in [1.807, 2.05) is 18.2 Å². The third kappa shape index (κ3) is 7.02. The molecule has 0 saturated heterocycles. The van der Waals surface area contributed by atoms with Crippen LogP contribution < -0.4 is 20.2 Å². The van der Waals surface area contributed by atoms with E-state index in [1.54, 1.807) is 51.3 Å². The van der Waals surface area contributed by atoms with E-state index in [9.17, 15) is 14.4 Å². The molecule has 204 valence electrons. The monoisotopic (exact) mass is 549 g/mol. The highest BCUT2D eigenvalue weighted by molar-refractivity contribution is 7.17. The smallest absolute Gasteiger partial charge is 0.341 e. The fraction of sp³-hybridized carbons (Fsp3) is 0.310. The number of hydrogen-bond donors (Lipinski definition) is 2. The lowest BCUT2D eigenvalue weighted by atomic mass is 9.95. The summed E-state index contributed by atoms with van der Waals surface area (Å²) >= 11 is 1.44. The number of carbonyl (C=O) groups is 3. The fourth-order valence-electron chi connectivity index (χ4n) is 4.17. The number of nitrogens with zero attached hydrogens (tertiary/aromatic N) is 1. The van der Waals surface area contributed by atoms with Crippen molar-refractivity contribution in [3.63, 3.8) is 0 Å². The zero-order valence-corrected chi connectivity index (χ0v) is 22.9. The van der Waals surface area contributed by atoms with Gasteiger partial charge in [0, 0.05) is 10.4 Å². The summed E-state index contributed by atoms with van der Waals surface area (Å²) in [6.45, 7) is 3.63. The normalized spacial score (nSPS) is 13.3. The molecule has 9 nitrogen and oxygen atoms in total. The SMILES string of the molecule is CCOC(=O)c1c(NC(=O)c2ccc(O[C@H](C)C(=O)N/N=C\c3cccc(OC)c3)cc2)sc2c1CCCC2. The van der Waals surface area contributed by atoms with Crippen molar-refractivity contribution in [3.8, 4) is 11.5 Å². The maximum atomic E-state index is 13.0. The number of methoxy groups -OCH3 is 1. The van der Waals surface area contributed by atoms with Gasteiger partial charge >= 0.3 is 5.97 Å². The van der Waals surface area contributed by atoms with E-state index < -0.39 is 18.0 Å². The predicted molar refractivity (Wildman–Crippen MR) is 150 cm³/mol. The standard InChI is InChI=1S/C29H31N3O6S/c1-4-37-29(35)25-23-10-5-6-11-24(23)39-28(25)31-27(34)20-12-14-21(15-13-20)38-18(2)26(33)32-30-17-19-8-7-9-22(16-19)36-3/h7-9,12-18H,4-6,10-11H2,1-3H3,(H,31,34)(H,32,33)/b30-17-/t18-/m1/s1. The Bertz CT molecular complexity index is 1370. The van der Waals surface area contributed by atoms with Crippen LogP contribution in [0, 0.1) is 0 Å². The maximum Gasteiger partial charge on any atom is 0.341 e. The molecule has 0 radical (unpaired) electrons. The summed E-state index contributed by atoms with van der Waals surface area (Å²) in [7, 11) is 1.58. The lowest BCUT2D eigenvalue weighted by Crippen LogP contribution is -2.33. The van der Waals surface area contributed by atoms with Crippen LogP contribution in [0.5, 0.6) is 11.5 Å². The van der Waals surface area contributed by atoms with Gasteiger partial charge in [-0.15, -0.1) is 11.3 Å². The number of ether oxygens (including phenoxy) is 3. The van der Waals surface area contributed by atoms with E-state index in [0.29, 0.717) is 27.6 Å². The molecule has 1 aliphatic rings. The molecule has 1 heterocycles. The molecule has 39 heavy (non-hydrogen) atoms. The molecule has 0 saturated carbocycles. The van der Waals surface area contributed by atoms with Crippen LogP contribution in [0.4, 0.5) is 5.00 Å². The number of esters is 1. The molecule has 3 aromatic rings. The third-order valence-corrected chi connectivity index (χ3v) is 7.37. The van der Waals surface area contributed by atoms with Gasteiger partial charge in [0.25, 0.3) is 11.8 Å². The Morgan fingerprint density at radius 2 is 1.85 bits per heavy atom. The minimum absolute atomic E-state index is 0.267. The molecule has 0 unspecified atom stereocenters. The van der Waals surface area contributed by atoms with Crippen molar-refractivity contribution in [3.05, 3.63) is 75.7 Å². The Hall–Kier alpha value is -4.18. The van der Waals surface area contributed by atoms with E-state index in [0.717, 1.165) is 41.7 Å². The Balaban J connectivity index is 1.35. The first-order valence-corrected chi connectivity index (χ1v) is 13.6. The Labute approximate surface area is 231 Å². The maximum absolute atomic E-state index is 13.0. The van der Waals surface area contributed by atoms with E-state index in [4.69, 9.17) is 14.2 Å². The number of thiophene rings is 1. The second kappa shape index (κ2) is 13.1. The average Bonchev–Trinajstić information content (AvgIpc) is 3.31. The van der Waals surface area contributed by atoms with E-state index in [1.165, 1.54) is 17.6 Å². The number of fused-ring (bicyclic) bond motifs is 1. The van der Waals surface area contributed by atoms with Crippen molar-refractivity contribution in [2.75, 3.05) is 19.0 Å². The van der Waals surface area contributed by atoms with Crippen LogP contribution in [-0.4, -0.2) is 43.8 Å². The number of aryl methyl sites for hydroxylation is 1. The second-order valence-electron chi connectivity index (χ2n) is 8.88. The zero-order valence-electron chi connectivity index (χ0n) is 22.1. The summed E-state index contributed by atoms with van der Waals surface area (Å²) in [5.41, 5.74) is 5.08. The summed E-state index contributed by atoms with van der Waals surface area (Å²) < 4.78 is 16.1. The van der Waals surface area contributed by atoms with E-state index >= 15 is 0 Å². The van der Waals surface area contributed by atoms with Gasteiger partial charge in [-0.2, -0.15) is 5.10 Å². The summed E-state index contributed by atoms with van der Waals surface area (Å²) in [6.07, 6.45) is 4.47. The lowest BCUT2D eigenvalue weighted by Gasteiger charge is -2.13. The average molecular weight is 550 g/mol. The van der Waals surface area contributed by atoms with Crippen LogP contribution in [0.1, 0.15) is 63.4 Å².